The van der Waals surface area contributed by atoms with Gasteiger partial charge in [0.25, 0.3) is 0 Å². The number of hydrogen-bond acceptors (Lipinski definition) is 4. The molecule has 0 saturated carbocycles. The van der Waals surface area contributed by atoms with Crippen LogP contribution < -0.4 is 9.47 Å². The van der Waals surface area contributed by atoms with E-state index in [-0.39, 0.29) is 17.9 Å². The Labute approximate surface area is 127 Å². The number of rotatable bonds is 6. The molecular weight excluding hydrogens is 288 g/mol. The Hall–Kier alpha value is -2.14. The topological polar surface area (TPSA) is 55.8 Å². The second-order valence-corrected chi connectivity index (χ2v) is 5.16. The predicted molar refractivity (Wildman–Crippen MR) is 82.5 cm³/mol. The molecule has 0 fully saturated rings. The van der Waals surface area contributed by atoms with Gasteiger partial charge in [-0.15, -0.1) is 11.8 Å². The quantitative estimate of drug-likeness (QED) is 0.825. The summed E-state index contributed by atoms with van der Waals surface area (Å²) in [6.45, 7) is 0.287. The fourth-order valence-electron chi connectivity index (χ4n) is 1.87. The second kappa shape index (κ2) is 7.04. The van der Waals surface area contributed by atoms with Gasteiger partial charge in [-0.2, -0.15) is 0 Å². The van der Waals surface area contributed by atoms with Crippen LogP contribution >= 0.6 is 11.8 Å². The van der Waals surface area contributed by atoms with Gasteiger partial charge in [0.1, 0.15) is 12.2 Å². The molecule has 0 bridgehead atoms. The van der Waals surface area contributed by atoms with E-state index < -0.39 is 5.97 Å². The number of benzene rings is 2. The summed E-state index contributed by atoms with van der Waals surface area (Å²) in [7, 11) is 1.49. The van der Waals surface area contributed by atoms with Gasteiger partial charge in [0.05, 0.1) is 7.11 Å². The van der Waals surface area contributed by atoms with Gasteiger partial charge in [0.2, 0.25) is 0 Å². The number of para-hydroxylation sites is 1. The minimum absolute atomic E-state index is 0.0927. The molecule has 1 N–H and O–H groups in total. The van der Waals surface area contributed by atoms with E-state index in [9.17, 15) is 9.90 Å². The van der Waals surface area contributed by atoms with Crippen molar-refractivity contribution in [2.75, 3.05) is 13.4 Å². The van der Waals surface area contributed by atoms with Gasteiger partial charge in [0, 0.05) is 4.90 Å². The highest BCUT2D eigenvalue weighted by atomic mass is 32.2. The maximum atomic E-state index is 11.2. The number of methoxy groups -OCH3 is 1. The number of hydrogen-bond donors (Lipinski definition) is 1. The maximum absolute atomic E-state index is 11.2. The Morgan fingerprint density at radius 3 is 2.48 bits per heavy atom. The number of carboxylic acids is 1. The maximum Gasteiger partial charge on any atom is 0.339 e. The summed E-state index contributed by atoms with van der Waals surface area (Å²) in [5.41, 5.74) is 1.06. The Morgan fingerprint density at radius 2 is 1.90 bits per heavy atom. The van der Waals surface area contributed by atoms with Crippen LogP contribution in [-0.2, 0) is 6.61 Å². The molecule has 2 rings (SSSR count). The van der Waals surface area contributed by atoms with Crippen molar-refractivity contribution in [3.8, 4) is 11.5 Å². The van der Waals surface area contributed by atoms with Gasteiger partial charge in [-0.1, -0.05) is 18.2 Å². The van der Waals surface area contributed by atoms with Gasteiger partial charge in [0.15, 0.2) is 11.5 Å². The van der Waals surface area contributed by atoms with Crippen LogP contribution in [0.25, 0.3) is 0 Å². The number of aromatic carboxylic acids is 1. The van der Waals surface area contributed by atoms with Crippen LogP contribution in [0, 0.1) is 0 Å². The predicted octanol–water partition coefficient (Wildman–Crippen LogP) is 3.69. The molecule has 0 atom stereocenters. The number of ether oxygens (including phenoxy) is 2. The SMILES string of the molecule is COc1cccc(C(=O)O)c1OCc1ccc(SC)cc1. The molecule has 0 aromatic heterocycles. The van der Waals surface area contributed by atoms with Crippen LogP contribution in [-0.4, -0.2) is 24.4 Å². The third-order valence-corrected chi connectivity index (χ3v) is 3.72. The van der Waals surface area contributed by atoms with Gasteiger partial charge < -0.3 is 14.6 Å². The lowest BCUT2D eigenvalue weighted by atomic mass is 10.2. The first-order chi connectivity index (χ1) is 10.2. The molecule has 5 heteroatoms. The van der Waals surface area contributed by atoms with Crippen LogP contribution in [0.2, 0.25) is 0 Å². The summed E-state index contributed by atoms with van der Waals surface area (Å²) < 4.78 is 10.8. The lowest BCUT2D eigenvalue weighted by Gasteiger charge is -2.13. The minimum Gasteiger partial charge on any atom is -0.493 e. The lowest BCUT2D eigenvalue weighted by Crippen LogP contribution is -2.05. The summed E-state index contributed by atoms with van der Waals surface area (Å²) in [5, 5.41) is 9.21. The molecule has 2 aromatic rings. The van der Waals surface area contributed by atoms with Crippen molar-refractivity contribution in [1.29, 1.82) is 0 Å². The average molecular weight is 304 g/mol. The molecule has 4 nitrogen and oxygen atoms in total. The van der Waals surface area contributed by atoms with E-state index >= 15 is 0 Å². The standard InChI is InChI=1S/C16H16O4S/c1-19-14-5-3-4-13(16(17)18)15(14)20-10-11-6-8-12(21-2)9-7-11/h3-9H,10H2,1-2H3,(H,17,18). The number of carbonyl (C=O) groups is 1. The molecule has 0 spiro atoms. The van der Waals surface area contributed by atoms with Crippen molar-refractivity contribution in [3.63, 3.8) is 0 Å². The fraction of sp³-hybridized carbons (Fsp3) is 0.188. The normalized spacial score (nSPS) is 10.2. The molecule has 110 valence electrons. The zero-order valence-electron chi connectivity index (χ0n) is 11.8. The van der Waals surface area contributed by atoms with Crippen molar-refractivity contribution in [3.05, 3.63) is 53.6 Å². The van der Waals surface area contributed by atoms with Crippen LogP contribution in [0.4, 0.5) is 0 Å². The van der Waals surface area contributed by atoms with E-state index in [4.69, 9.17) is 9.47 Å². The van der Waals surface area contributed by atoms with E-state index in [1.54, 1.807) is 23.9 Å². The van der Waals surface area contributed by atoms with Crippen molar-refractivity contribution in [1.82, 2.24) is 0 Å². The van der Waals surface area contributed by atoms with Crippen LogP contribution in [0.15, 0.2) is 47.4 Å². The summed E-state index contributed by atoms with van der Waals surface area (Å²) >= 11 is 1.67. The van der Waals surface area contributed by atoms with E-state index in [1.807, 2.05) is 30.5 Å². The largest absolute Gasteiger partial charge is 0.493 e. The van der Waals surface area contributed by atoms with Crippen molar-refractivity contribution in [2.24, 2.45) is 0 Å². The van der Waals surface area contributed by atoms with Gasteiger partial charge in [-0.3, -0.25) is 0 Å². The second-order valence-electron chi connectivity index (χ2n) is 4.28. The van der Waals surface area contributed by atoms with E-state index in [1.165, 1.54) is 18.1 Å². The highest BCUT2D eigenvalue weighted by Crippen LogP contribution is 2.31. The van der Waals surface area contributed by atoms with Crippen LogP contribution in [0.1, 0.15) is 15.9 Å². The molecule has 2 aromatic carbocycles. The highest BCUT2D eigenvalue weighted by molar-refractivity contribution is 7.98. The Balaban J connectivity index is 2.20. The smallest absolute Gasteiger partial charge is 0.339 e. The van der Waals surface area contributed by atoms with E-state index in [0.717, 1.165) is 5.56 Å². The van der Waals surface area contributed by atoms with Crippen LogP contribution in [0.3, 0.4) is 0 Å². The number of carboxylic acid groups (broad SMARTS) is 1. The van der Waals surface area contributed by atoms with Gasteiger partial charge in [-0.05, 0) is 36.1 Å². The monoisotopic (exact) mass is 304 g/mol. The summed E-state index contributed by atoms with van der Waals surface area (Å²) in [5.74, 6) is -0.376. The zero-order chi connectivity index (χ0) is 15.2. The molecule has 0 unspecified atom stereocenters. The van der Waals surface area contributed by atoms with Crippen molar-refractivity contribution < 1.29 is 19.4 Å². The molecule has 0 heterocycles. The van der Waals surface area contributed by atoms with E-state index in [2.05, 4.69) is 0 Å². The molecule has 0 aliphatic heterocycles. The Bertz CT molecular complexity index is 623. The molecule has 0 amide bonds. The highest BCUT2D eigenvalue weighted by Gasteiger charge is 2.16. The minimum atomic E-state index is -1.04. The molecular formula is C16H16O4S. The molecule has 0 aliphatic rings. The van der Waals surface area contributed by atoms with Crippen LogP contribution in [0.5, 0.6) is 11.5 Å². The Kier molecular flexibility index (Phi) is 5.11. The Morgan fingerprint density at radius 1 is 1.19 bits per heavy atom. The zero-order valence-corrected chi connectivity index (χ0v) is 12.6. The van der Waals surface area contributed by atoms with Gasteiger partial charge >= 0.3 is 5.97 Å². The first-order valence-electron chi connectivity index (χ1n) is 6.31. The summed E-state index contributed by atoms with van der Waals surface area (Å²) in [6.07, 6.45) is 2.01. The van der Waals surface area contributed by atoms with E-state index in [0.29, 0.717) is 5.75 Å². The van der Waals surface area contributed by atoms with Crippen molar-refractivity contribution >= 4 is 17.7 Å². The molecule has 0 saturated heterocycles. The van der Waals surface area contributed by atoms with Gasteiger partial charge in [-0.25, -0.2) is 4.79 Å². The molecule has 0 aliphatic carbocycles. The number of thioether (sulfide) groups is 1. The van der Waals surface area contributed by atoms with Crippen molar-refractivity contribution in [2.45, 2.75) is 11.5 Å². The average Bonchev–Trinajstić information content (AvgIpc) is 2.52. The summed E-state index contributed by atoms with van der Waals surface area (Å²) in [4.78, 5) is 12.4. The first kappa shape index (κ1) is 15.3. The molecule has 21 heavy (non-hydrogen) atoms. The molecule has 0 radical (unpaired) electrons. The third-order valence-electron chi connectivity index (χ3n) is 2.97. The first-order valence-corrected chi connectivity index (χ1v) is 7.54. The fourth-order valence-corrected chi connectivity index (χ4v) is 2.28. The third kappa shape index (κ3) is 3.70. The summed E-state index contributed by atoms with van der Waals surface area (Å²) in [6, 6.07) is 12.7. The lowest BCUT2D eigenvalue weighted by molar-refractivity contribution is 0.0691.